The van der Waals surface area contributed by atoms with Crippen molar-refractivity contribution in [1.82, 2.24) is 19.4 Å². The van der Waals surface area contributed by atoms with E-state index in [-0.39, 0.29) is 34.6 Å². The molecule has 0 saturated carbocycles. The maximum atomic E-state index is 14.4. The summed E-state index contributed by atoms with van der Waals surface area (Å²) in [4.78, 5) is 24.8. The van der Waals surface area contributed by atoms with Gasteiger partial charge in [-0.2, -0.15) is 0 Å². The van der Waals surface area contributed by atoms with E-state index in [1.165, 1.54) is 47.2 Å². The molecule has 0 saturated heterocycles. The molecule has 1 amide bonds. The summed E-state index contributed by atoms with van der Waals surface area (Å²) < 4.78 is 35.2. The predicted molar refractivity (Wildman–Crippen MR) is 155 cm³/mol. The van der Waals surface area contributed by atoms with E-state index in [1.54, 1.807) is 24.1 Å². The maximum Gasteiger partial charge on any atom is 0.254 e. The fraction of sp³-hybridized carbons (Fsp3) is 0.0938. The van der Waals surface area contributed by atoms with Crippen LogP contribution in [0, 0.1) is 11.6 Å². The van der Waals surface area contributed by atoms with E-state index >= 15 is 0 Å². The van der Waals surface area contributed by atoms with Crippen molar-refractivity contribution in [2.45, 2.75) is 13.1 Å². The van der Waals surface area contributed by atoms with Crippen molar-refractivity contribution < 1.29 is 23.4 Å². The number of hydrogen-bond acceptors (Lipinski definition) is 5. The second-order valence-electron chi connectivity index (χ2n) is 10.0. The van der Waals surface area contributed by atoms with Gasteiger partial charge in [-0.3, -0.25) is 9.36 Å². The van der Waals surface area contributed by atoms with Crippen molar-refractivity contribution >= 4 is 39.3 Å². The maximum absolute atomic E-state index is 14.4. The summed E-state index contributed by atoms with van der Waals surface area (Å²) in [5, 5.41) is 11.7. The standard InChI is InChI=1S/C32H21ClF2N4O3/c1-42-20-6-2-17(3-7-20)14-38-15-25-21(31(38)41)8-9-22-29(23-12-18(34)4-10-26(23)33)36-32(37-30(22)25)39-16-28(40)24-13-19(35)5-11-27(24)39/h2-13,16,40H,14-15H2,1H3. The molecule has 0 atom stereocenters. The third-order valence-corrected chi connectivity index (χ3v) is 7.83. The van der Waals surface area contributed by atoms with Crippen LogP contribution in [0.25, 0.3) is 39.0 Å². The number of carbonyl (C=O) groups excluding carboxylic acids is 1. The molecule has 1 aliphatic heterocycles. The number of hydrogen-bond donors (Lipinski definition) is 1. The molecule has 4 aromatic carbocycles. The van der Waals surface area contributed by atoms with E-state index in [0.717, 1.165) is 11.3 Å². The Kier molecular flexibility index (Phi) is 6.06. The number of fused-ring (bicyclic) bond motifs is 4. The van der Waals surface area contributed by atoms with Crippen molar-refractivity contribution in [2.75, 3.05) is 7.11 Å². The Morgan fingerprint density at radius 1 is 0.929 bits per heavy atom. The van der Waals surface area contributed by atoms with Gasteiger partial charge in [0.25, 0.3) is 5.91 Å². The summed E-state index contributed by atoms with van der Waals surface area (Å²) in [7, 11) is 1.60. The number of aromatic nitrogens is 3. The Bertz CT molecular complexity index is 2060. The van der Waals surface area contributed by atoms with E-state index in [1.807, 2.05) is 24.3 Å². The molecule has 0 unspecified atom stereocenters. The van der Waals surface area contributed by atoms with Gasteiger partial charge in [-0.15, -0.1) is 0 Å². The predicted octanol–water partition coefficient (Wildman–Crippen LogP) is 7.04. The van der Waals surface area contributed by atoms with Crippen LogP contribution in [0.4, 0.5) is 8.78 Å². The summed E-state index contributed by atoms with van der Waals surface area (Å²) >= 11 is 6.53. The molecule has 6 aromatic rings. The van der Waals surface area contributed by atoms with Crippen LogP contribution >= 0.6 is 11.6 Å². The van der Waals surface area contributed by atoms with E-state index in [9.17, 15) is 18.7 Å². The summed E-state index contributed by atoms with van der Waals surface area (Å²) in [6.45, 7) is 0.661. The highest BCUT2D eigenvalue weighted by molar-refractivity contribution is 6.33. The second kappa shape index (κ2) is 9.81. The molecule has 1 aliphatic rings. The monoisotopic (exact) mass is 582 g/mol. The van der Waals surface area contributed by atoms with Crippen LogP contribution in [0.1, 0.15) is 21.5 Å². The average Bonchev–Trinajstić information content (AvgIpc) is 3.49. The van der Waals surface area contributed by atoms with Crippen LogP contribution in [0.3, 0.4) is 0 Å². The molecule has 3 heterocycles. The highest BCUT2D eigenvalue weighted by Gasteiger charge is 2.31. The molecule has 2 aromatic heterocycles. The SMILES string of the molecule is COc1ccc(CN2Cc3c(ccc4c(-c5cc(F)ccc5Cl)nc(-n5cc(O)c6cc(F)ccc65)nc34)C2=O)cc1. The Hall–Kier alpha value is -5.02. The molecule has 0 fully saturated rings. The largest absolute Gasteiger partial charge is 0.506 e. The van der Waals surface area contributed by atoms with E-state index in [2.05, 4.69) is 0 Å². The van der Waals surface area contributed by atoms with Crippen LogP contribution in [-0.2, 0) is 13.1 Å². The number of benzene rings is 4. The first-order valence-corrected chi connectivity index (χ1v) is 13.4. The first-order chi connectivity index (χ1) is 20.3. The van der Waals surface area contributed by atoms with Crippen LogP contribution in [-0.4, -0.2) is 37.6 Å². The fourth-order valence-electron chi connectivity index (χ4n) is 5.46. The van der Waals surface area contributed by atoms with Crippen molar-refractivity contribution in [2.24, 2.45) is 0 Å². The first kappa shape index (κ1) is 25.9. The zero-order chi connectivity index (χ0) is 29.1. The minimum Gasteiger partial charge on any atom is -0.506 e. The van der Waals surface area contributed by atoms with Gasteiger partial charge in [0, 0.05) is 40.6 Å². The number of amides is 1. The zero-order valence-electron chi connectivity index (χ0n) is 22.1. The molecular formula is C32H21ClF2N4O3. The van der Waals surface area contributed by atoms with Gasteiger partial charge in [-0.05, 0) is 66.2 Å². The smallest absolute Gasteiger partial charge is 0.254 e. The summed E-state index contributed by atoms with van der Waals surface area (Å²) in [6, 6.07) is 19.0. The summed E-state index contributed by atoms with van der Waals surface area (Å²) in [5.41, 5.74) is 3.78. The highest BCUT2D eigenvalue weighted by Crippen LogP contribution is 2.38. The van der Waals surface area contributed by atoms with Crippen molar-refractivity contribution in [3.05, 3.63) is 112 Å². The molecule has 7 rings (SSSR count). The molecule has 0 aliphatic carbocycles. The Balaban J connectivity index is 1.43. The number of aromatic hydroxyl groups is 1. The minimum absolute atomic E-state index is 0.143. The molecule has 0 radical (unpaired) electrons. The van der Waals surface area contributed by atoms with E-state index < -0.39 is 11.6 Å². The van der Waals surface area contributed by atoms with E-state index in [4.69, 9.17) is 26.3 Å². The zero-order valence-corrected chi connectivity index (χ0v) is 22.9. The molecule has 208 valence electrons. The molecule has 1 N–H and O–H groups in total. The van der Waals surface area contributed by atoms with Gasteiger partial charge in [0.1, 0.15) is 23.1 Å². The quantitative estimate of drug-likeness (QED) is 0.236. The lowest BCUT2D eigenvalue weighted by Crippen LogP contribution is -2.23. The number of rotatable bonds is 5. The van der Waals surface area contributed by atoms with Crippen LogP contribution in [0.5, 0.6) is 11.5 Å². The van der Waals surface area contributed by atoms with Gasteiger partial charge in [-0.1, -0.05) is 23.7 Å². The number of nitrogens with zero attached hydrogens (tertiary/aromatic N) is 4. The van der Waals surface area contributed by atoms with Gasteiger partial charge in [0.2, 0.25) is 5.95 Å². The second-order valence-corrected chi connectivity index (χ2v) is 10.4. The average molecular weight is 583 g/mol. The lowest BCUT2D eigenvalue weighted by atomic mass is 10.0. The van der Waals surface area contributed by atoms with E-state index in [0.29, 0.717) is 45.3 Å². The Labute approximate surface area is 243 Å². The first-order valence-electron chi connectivity index (χ1n) is 13.0. The Morgan fingerprint density at radius 2 is 1.69 bits per heavy atom. The van der Waals surface area contributed by atoms with Crippen LogP contribution < -0.4 is 4.74 Å². The van der Waals surface area contributed by atoms with Crippen molar-refractivity contribution in [3.8, 4) is 28.7 Å². The number of halogens is 3. The number of carbonyl (C=O) groups is 1. The topological polar surface area (TPSA) is 80.5 Å². The van der Waals surface area contributed by atoms with Crippen molar-refractivity contribution in [3.63, 3.8) is 0 Å². The fourth-order valence-corrected chi connectivity index (χ4v) is 5.66. The van der Waals surface area contributed by atoms with Crippen LogP contribution in [0.2, 0.25) is 5.02 Å². The van der Waals surface area contributed by atoms with Gasteiger partial charge in [0.05, 0.1) is 35.1 Å². The summed E-state index contributed by atoms with van der Waals surface area (Å²) in [6.07, 6.45) is 1.40. The van der Waals surface area contributed by atoms with Gasteiger partial charge >= 0.3 is 0 Å². The molecule has 7 nitrogen and oxygen atoms in total. The van der Waals surface area contributed by atoms with Gasteiger partial charge in [-0.25, -0.2) is 18.7 Å². The molecule has 10 heteroatoms. The van der Waals surface area contributed by atoms with Crippen molar-refractivity contribution in [1.29, 1.82) is 0 Å². The molecular weight excluding hydrogens is 562 g/mol. The molecule has 0 bridgehead atoms. The van der Waals surface area contributed by atoms with Gasteiger partial charge < -0.3 is 14.7 Å². The third kappa shape index (κ3) is 4.21. The lowest BCUT2D eigenvalue weighted by molar-refractivity contribution is 0.0767. The van der Waals surface area contributed by atoms with Gasteiger partial charge in [0.15, 0.2) is 0 Å². The van der Waals surface area contributed by atoms with Crippen LogP contribution in [0.15, 0.2) is 79.0 Å². The molecule has 0 spiro atoms. The summed E-state index contributed by atoms with van der Waals surface area (Å²) in [5.74, 6) is -0.436. The minimum atomic E-state index is -0.504. The lowest BCUT2D eigenvalue weighted by Gasteiger charge is -2.16. The Morgan fingerprint density at radius 3 is 2.48 bits per heavy atom. The molecule has 42 heavy (non-hydrogen) atoms. The number of ether oxygens (including phenoxy) is 1. The number of methoxy groups -OCH3 is 1. The normalized spacial score (nSPS) is 12.9. The third-order valence-electron chi connectivity index (χ3n) is 7.51. The highest BCUT2D eigenvalue weighted by atomic mass is 35.5.